The molecule has 5 rings (SSSR count). The van der Waals surface area contributed by atoms with E-state index in [4.69, 9.17) is 0 Å². The maximum atomic E-state index is 12.2. The highest BCUT2D eigenvalue weighted by atomic mass is 16.3. The molecular formula is C31H39NO2. The van der Waals surface area contributed by atoms with Crippen molar-refractivity contribution in [1.29, 1.82) is 0 Å². The third-order valence-corrected chi connectivity index (χ3v) is 9.13. The Hall–Kier alpha value is -2.31. The smallest absolute Gasteiger partial charge is 0.156 e. The number of fused-ring (bicyclic) bond motifs is 4. The van der Waals surface area contributed by atoms with Crippen LogP contribution in [0, 0.1) is 34.5 Å². The van der Waals surface area contributed by atoms with Crippen LogP contribution >= 0.6 is 0 Å². The lowest BCUT2D eigenvalue weighted by atomic mass is 9.51. The highest BCUT2D eigenvalue weighted by molar-refractivity contribution is 5.93. The van der Waals surface area contributed by atoms with Crippen molar-refractivity contribution < 1.29 is 9.90 Å². The number of benzene rings is 1. The lowest BCUT2D eigenvalue weighted by Crippen LogP contribution is -2.51. The predicted molar refractivity (Wildman–Crippen MR) is 138 cm³/mol. The summed E-state index contributed by atoms with van der Waals surface area (Å²) < 4.78 is 0. The molecule has 2 saturated carbocycles. The Kier molecular flexibility index (Phi) is 5.60. The molecule has 0 bridgehead atoms. The van der Waals surface area contributed by atoms with Crippen LogP contribution in [0.15, 0.2) is 47.1 Å². The number of allylic oxidation sites excluding steroid dienone is 4. The van der Waals surface area contributed by atoms with Gasteiger partial charge in [0.25, 0.3) is 0 Å². The van der Waals surface area contributed by atoms with E-state index in [9.17, 15) is 9.90 Å². The Labute approximate surface area is 205 Å². The Morgan fingerprint density at radius 3 is 2.50 bits per heavy atom. The molecule has 0 unspecified atom stereocenters. The number of anilines is 1. The lowest BCUT2D eigenvalue weighted by molar-refractivity contribution is -0.114. The number of ketones is 1. The Balaban J connectivity index is 1.65. The summed E-state index contributed by atoms with van der Waals surface area (Å²) in [6.45, 7) is 8.67. The van der Waals surface area contributed by atoms with E-state index in [1.54, 1.807) is 5.57 Å². The van der Waals surface area contributed by atoms with Crippen molar-refractivity contribution in [2.75, 3.05) is 12.4 Å². The molecule has 3 nitrogen and oxygen atoms in total. The lowest BCUT2D eigenvalue weighted by Gasteiger charge is -2.53. The van der Waals surface area contributed by atoms with Crippen LogP contribution in [0.1, 0.15) is 84.1 Å². The van der Waals surface area contributed by atoms with Gasteiger partial charge in [0.15, 0.2) is 5.78 Å². The fraction of sp³-hybridized carbons (Fsp3) is 0.581. The van der Waals surface area contributed by atoms with Crippen LogP contribution in [0.3, 0.4) is 0 Å². The minimum Gasteiger partial charge on any atom is -0.388 e. The maximum absolute atomic E-state index is 12.2. The zero-order valence-corrected chi connectivity index (χ0v) is 21.4. The number of rotatable bonds is 2. The van der Waals surface area contributed by atoms with Crippen LogP contribution in [0.25, 0.3) is 0 Å². The van der Waals surface area contributed by atoms with Gasteiger partial charge in [0, 0.05) is 35.9 Å². The van der Waals surface area contributed by atoms with Crippen molar-refractivity contribution in [1.82, 2.24) is 0 Å². The molecule has 5 atom stereocenters. The average Bonchev–Trinajstić information content (AvgIpc) is 3.07. The van der Waals surface area contributed by atoms with E-state index in [2.05, 4.69) is 69.1 Å². The van der Waals surface area contributed by atoms with Crippen molar-refractivity contribution in [2.45, 2.75) is 84.2 Å². The topological polar surface area (TPSA) is 49.3 Å². The Morgan fingerprint density at radius 1 is 1.09 bits per heavy atom. The summed E-state index contributed by atoms with van der Waals surface area (Å²) in [6.07, 6.45) is 8.17. The minimum atomic E-state index is -0.955. The molecule has 1 aromatic rings. The molecule has 3 heteroatoms. The van der Waals surface area contributed by atoms with Gasteiger partial charge in [0.1, 0.15) is 5.60 Å². The molecule has 0 aliphatic heterocycles. The summed E-state index contributed by atoms with van der Waals surface area (Å²) >= 11 is 0. The molecule has 2 fully saturated rings. The standard InChI is InChI=1S/C31H39NO2/c1-29(2,3)16-17-31(34)15-14-27-25-12-8-21-18-23(33)11-13-24(21)28(25)26(19-30(27,31)4)20-6-9-22(32-5)10-7-20/h6-7,9-10,18,25-27,32,34H,8,11-15,19H2,1-5H3/t25-,26+,27-,30-,31+/m0/s1. The molecule has 4 aliphatic rings. The second-order valence-corrected chi connectivity index (χ2v) is 12.3. The molecule has 0 heterocycles. The second-order valence-electron chi connectivity index (χ2n) is 12.3. The van der Waals surface area contributed by atoms with E-state index >= 15 is 0 Å². The summed E-state index contributed by atoms with van der Waals surface area (Å²) in [6, 6.07) is 8.83. The summed E-state index contributed by atoms with van der Waals surface area (Å²) in [7, 11) is 1.95. The van der Waals surface area contributed by atoms with Gasteiger partial charge in [-0.1, -0.05) is 36.5 Å². The molecule has 0 spiro atoms. The molecule has 0 amide bonds. The van der Waals surface area contributed by atoms with Crippen molar-refractivity contribution in [3.05, 3.63) is 52.6 Å². The van der Waals surface area contributed by atoms with Crippen LogP contribution in [0.4, 0.5) is 5.69 Å². The fourth-order valence-corrected chi connectivity index (χ4v) is 7.34. The molecule has 4 aliphatic carbocycles. The SMILES string of the molecule is CNc1ccc([C@H]2C[C@@]3(C)[C@@H](CC[C@@]3(O)C#CC(C)(C)C)[C@@H]3CCC4=CC(=O)CCC4=C32)cc1. The van der Waals surface area contributed by atoms with Crippen LogP contribution in [-0.2, 0) is 4.79 Å². The van der Waals surface area contributed by atoms with Crippen molar-refractivity contribution >= 4 is 11.5 Å². The van der Waals surface area contributed by atoms with E-state index < -0.39 is 5.60 Å². The Morgan fingerprint density at radius 2 is 1.82 bits per heavy atom. The fourth-order valence-electron chi connectivity index (χ4n) is 7.34. The number of nitrogens with one attached hydrogen (secondary N) is 1. The largest absolute Gasteiger partial charge is 0.388 e. The maximum Gasteiger partial charge on any atom is 0.156 e. The predicted octanol–water partition coefficient (Wildman–Crippen LogP) is 6.41. The van der Waals surface area contributed by atoms with E-state index in [-0.39, 0.29) is 22.5 Å². The number of carbonyl (C=O) groups is 1. The monoisotopic (exact) mass is 457 g/mol. The third-order valence-electron chi connectivity index (χ3n) is 9.13. The van der Waals surface area contributed by atoms with Crippen LogP contribution < -0.4 is 5.32 Å². The first-order valence-electron chi connectivity index (χ1n) is 13.1. The number of hydrogen-bond donors (Lipinski definition) is 2. The third kappa shape index (κ3) is 3.75. The molecule has 0 saturated heterocycles. The molecule has 2 N–H and O–H groups in total. The minimum absolute atomic E-state index is 0.131. The van der Waals surface area contributed by atoms with Crippen LogP contribution in [0.5, 0.6) is 0 Å². The van der Waals surface area contributed by atoms with Gasteiger partial charge in [-0.3, -0.25) is 4.79 Å². The van der Waals surface area contributed by atoms with Gasteiger partial charge in [0.2, 0.25) is 0 Å². The number of carbonyl (C=O) groups excluding carboxylic acids is 1. The first-order chi connectivity index (χ1) is 16.0. The normalized spacial score (nSPS) is 34.9. The van der Waals surface area contributed by atoms with Gasteiger partial charge in [0.05, 0.1) is 0 Å². The van der Waals surface area contributed by atoms with Crippen LogP contribution in [-0.4, -0.2) is 23.5 Å². The number of aliphatic hydroxyl groups is 1. The van der Waals surface area contributed by atoms with Gasteiger partial charge in [-0.05, 0) is 106 Å². The van der Waals surface area contributed by atoms with Gasteiger partial charge in [-0.2, -0.15) is 0 Å². The van der Waals surface area contributed by atoms with Gasteiger partial charge < -0.3 is 10.4 Å². The first kappa shape index (κ1) is 23.4. The number of hydrogen-bond acceptors (Lipinski definition) is 3. The van der Waals surface area contributed by atoms with Gasteiger partial charge >= 0.3 is 0 Å². The zero-order chi connectivity index (χ0) is 24.3. The second kappa shape index (κ2) is 8.13. The molecule has 1 aromatic carbocycles. The highest BCUT2D eigenvalue weighted by Crippen LogP contribution is 2.66. The van der Waals surface area contributed by atoms with E-state index in [0.717, 1.165) is 44.2 Å². The summed E-state index contributed by atoms with van der Waals surface area (Å²) in [5, 5.41) is 15.3. The molecule has 180 valence electrons. The van der Waals surface area contributed by atoms with E-state index in [0.29, 0.717) is 18.3 Å². The van der Waals surface area contributed by atoms with Crippen molar-refractivity contribution in [3.63, 3.8) is 0 Å². The summed E-state index contributed by atoms with van der Waals surface area (Å²) in [5.41, 5.74) is 5.40. The van der Waals surface area contributed by atoms with Crippen LogP contribution in [0.2, 0.25) is 0 Å². The molecule has 34 heavy (non-hydrogen) atoms. The quantitative estimate of drug-likeness (QED) is 0.505. The van der Waals surface area contributed by atoms with Crippen molar-refractivity contribution in [2.24, 2.45) is 22.7 Å². The molecular weight excluding hydrogens is 418 g/mol. The average molecular weight is 458 g/mol. The van der Waals surface area contributed by atoms with E-state index in [1.165, 1.54) is 16.7 Å². The highest BCUT2D eigenvalue weighted by Gasteiger charge is 2.62. The summed E-state index contributed by atoms with van der Waals surface area (Å²) in [5.74, 6) is 8.22. The first-order valence-corrected chi connectivity index (χ1v) is 13.1. The Bertz CT molecular complexity index is 1120. The molecule has 0 radical (unpaired) electrons. The zero-order valence-electron chi connectivity index (χ0n) is 21.4. The summed E-state index contributed by atoms with van der Waals surface area (Å²) in [4.78, 5) is 12.2. The van der Waals surface area contributed by atoms with Gasteiger partial charge in [-0.15, -0.1) is 0 Å². The van der Waals surface area contributed by atoms with Crippen molar-refractivity contribution in [3.8, 4) is 11.8 Å². The molecule has 0 aromatic heterocycles. The van der Waals surface area contributed by atoms with Gasteiger partial charge in [-0.25, -0.2) is 0 Å². The van der Waals surface area contributed by atoms with E-state index in [1.807, 2.05) is 13.1 Å².